The van der Waals surface area contributed by atoms with E-state index < -0.39 is 0 Å². The smallest absolute Gasteiger partial charge is 0.312 e. The zero-order valence-electron chi connectivity index (χ0n) is 30.9. The van der Waals surface area contributed by atoms with Gasteiger partial charge in [-0.05, 0) is 72.9 Å². The maximum absolute atomic E-state index is 12.3. The number of carbonyl (C=O) groups excluding carboxylic acids is 2. The lowest BCUT2D eigenvalue weighted by atomic mass is 10.1. The van der Waals surface area contributed by atoms with Gasteiger partial charge in [0, 0.05) is 21.3 Å². The van der Waals surface area contributed by atoms with Gasteiger partial charge in [0.2, 0.25) is 0 Å². The maximum Gasteiger partial charge on any atom is 0.312 e. The van der Waals surface area contributed by atoms with Crippen LogP contribution in [0.3, 0.4) is 0 Å². The molecule has 49 heavy (non-hydrogen) atoms. The summed E-state index contributed by atoms with van der Waals surface area (Å²) in [5.41, 5.74) is 0. The summed E-state index contributed by atoms with van der Waals surface area (Å²) in [6, 6.07) is 15.3. The summed E-state index contributed by atoms with van der Waals surface area (Å²) in [5.74, 6) is 4.69. The molecule has 276 valence electrons. The van der Waals surface area contributed by atoms with Crippen LogP contribution < -0.4 is 9.47 Å². The Morgan fingerprint density at radius 2 is 0.735 bits per heavy atom. The van der Waals surface area contributed by atoms with Crippen molar-refractivity contribution in [1.29, 1.82) is 0 Å². The molecule has 2 aromatic carbocycles. The van der Waals surface area contributed by atoms with Crippen LogP contribution in [0.5, 0.6) is 11.5 Å². The van der Waals surface area contributed by atoms with E-state index in [-0.39, 0.29) is 11.9 Å². The monoisotopic (exact) mass is 730 g/mol. The summed E-state index contributed by atoms with van der Waals surface area (Å²) in [6.07, 6.45) is 27.9. The van der Waals surface area contributed by atoms with Crippen LogP contribution in [0.25, 0.3) is 0 Å². The molecule has 0 aliphatic heterocycles. The highest BCUT2D eigenvalue weighted by Gasteiger charge is 2.08. The fourth-order valence-electron chi connectivity index (χ4n) is 5.55. The minimum atomic E-state index is -0.172. The number of carbonyl (C=O) groups is 2. The summed E-state index contributed by atoms with van der Waals surface area (Å²) in [4.78, 5) is 26.7. The molecule has 0 saturated heterocycles. The average Bonchev–Trinajstić information content (AvgIpc) is 3.10. The van der Waals surface area contributed by atoms with Crippen molar-refractivity contribution >= 4 is 47.2 Å². The van der Waals surface area contributed by atoms with Gasteiger partial charge in [0.05, 0.1) is 12.8 Å². The third-order valence-electron chi connectivity index (χ3n) is 8.53. The van der Waals surface area contributed by atoms with Crippen LogP contribution in [0.2, 0.25) is 0 Å². The molecule has 0 spiro atoms. The largest absolute Gasteiger partial charge is 0.427 e. The molecular weight excluding hydrogens is 665 g/mol. The Bertz CT molecular complexity index is 989. The van der Waals surface area contributed by atoms with Gasteiger partial charge in [-0.25, -0.2) is 0 Å². The minimum Gasteiger partial charge on any atom is -0.427 e. The molecular formula is C42H66O4S3. The summed E-state index contributed by atoms with van der Waals surface area (Å²) in [7, 11) is 0. The van der Waals surface area contributed by atoms with Gasteiger partial charge < -0.3 is 9.47 Å². The Morgan fingerprint density at radius 3 is 1.06 bits per heavy atom. The lowest BCUT2D eigenvalue weighted by Crippen LogP contribution is -2.09. The zero-order chi connectivity index (χ0) is 35.0. The third-order valence-corrected chi connectivity index (χ3v) is 11.7. The first kappa shape index (κ1) is 43.6. The van der Waals surface area contributed by atoms with Crippen molar-refractivity contribution in [2.24, 2.45) is 0 Å². The van der Waals surface area contributed by atoms with Crippen LogP contribution in [0.1, 0.15) is 155 Å². The molecule has 0 heterocycles. The van der Waals surface area contributed by atoms with E-state index in [0.29, 0.717) is 24.3 Å². The number of esters is 2. The molecule has 0 amide bonds. The topological polar surface area (TPSA) is 52.6 Å². The lowest BCUT2D eigenvalue weighted by Gasteiger charge is -2.07. The second-order valence-electron chi connectivity index (χ2n) is 13.1. The van der Waals surface area contributed by atoms with Gasteiger partial charge in [0.25, 0.3) is 0 Å². The van der Waals surface area contributed by atoms with Gasteiger partial charge in [0.1, 0.15) is 11.5 Å². The molecule has 0 bridgehead atoms. The normalized spacial score (nSPS) is 11.1. The molecule has 0 saturated carbocycles. The molecule has 0 aromatic heterocycles. The van der Waals surface area contributed by atoms with E-state index in [9.17, 15) is 9.59 Å². The zero-order valence-corrected chi connectivity index (χ0v) is 33.3. The first-order valence-corrected chi connectivity index (χ1v) is 22.7. The number of hydrogen-bond acceptors (Lipinski definition) is 7. The van der Waals surface area contributed by atoms with Crippen molar-refractivity contribution in [3.63, 3.8) is 0 Å². The van der Waals surface area contributed by atoms with E-state index in [1.165, 1.54) is 128 Å². The van der Waals surface area contributed by atoms with E-state index in [1.807, 2.05) is 72.1 Å². The van der Waals surface area contributed by atoms with E-state index in [0.717, 1.165) is 32.8 Å². The van der Waals surface area contributed by atoms with E-state index >= 15 is 0 Å². The van der Waals surface area contributed by atoms with Crippen molar-refractivity contribution in [1.82, 2.24) is 0 Å². The lowest BCUT2D eigenvalue weighted by molar-refractivity contribution is -0.134. The first-order valence-electron chi connectivity index (χ1n) is 19.6. The van der Waals surface area contributed by atoms with Gasteiger partial charge in [-0.2, -0.15) is 23.5 Å². The highest BCUT2D eigenvalue weighted by atomic mass is 32.2. The highest BCUT2D eigenvalue weighted by molar-refractivity contribution is 7.99. The van der Waals surface area contributed by atoms with Crippen molar-refractivity contribution in [3.8, 4) is 11.5 Å². The SMILES string of the molecule is CCCCCCCCCCCCSCCC(=O)Oc1ccc(Sc2ccc(OC(=O)CCSCCCCCCCCCCCC)cc2)cc1. The molecule has 0 fully saturated rings. The van der Waals surface area contributed by atoms with Gasteiger partial charge in [-0.15, -0.1) is 0 Å². The molecule has 0 N–H and O–H groups in total. The summed E-state index contributed by atoms with van der Waals surface area (Å²) >= 11 is 5.33. The molecule has 0 unspecified atom stereocenters. The number of unbranched alkanes of at least 4 members (excludes halogenated alkanes) is 18. The summed E-state index contributed by atoms with van der Waals surface area (Å²) in [6.45, 7) is 4.54. The van der Waals surface area contributed by atoms with Gasteiger partial charge in [0.15, 0.2) is 0 Å². The van der Waals surface area contributed by atoms with Crippen molar-refractivity contribution in [3.05, 3.63) is 48.5 Å². The van der Waals surface area contributed by atoms with E-state index in [2.05, 4.69) is 13.8 Å². The number of benzene rings is 2. The Kier molecular flexibility index (Phi) is 27.7. The predicted molar refractivity (Wildman–Crippen MR) is 216 cm³/mol. The number of rotatable bonds is 32. The Labute approximate surface area is 312 Å². The molecule has 0 aliphatic carbocycles. The van der Waals surface area contributed by atoms with Crippen molar-refractivity contribution in [2.45, 2.75) is 165 Å². The average molecular weight is 731 g/mol. The molecule has 4 nitrogen and oxygen atoms in total. The molecule has 0 atom stereocenters. The Balaban J connectivity index is 1.48. The standard InChI is InChI=1S/C42H66O4S3/c1-3-5-7-9-11-13-15-17-19-21-33-47-35-31-41(43)45-37-23-27-39(28-24-37)49-40-29-25-38(26-30-40)46-42(44)32-36-48-34-22-20-18-16-14-12-10-8-6-4-2/h23-30H,3-22,31-36H2,1-2H3. The van der Waals surface area contributed by atoms with Crippen LogP contribution in [-0.4, -0.2) is 35.0 Å². The first-order chi connectivity index (χ1) is 24.1. The highest BCUT2D eigenvalue weighted by Crippen LogP contribution is 2.30. The number of hydrogen-bond donors (Lipinski definition) is 0. The van der Waals surface area contributed by atoms with E-state index in [1.54, 1.807) is 11.8 Å². The predicted octanol–water partition coefficient (Wildman–Crippen LogP) is 13.7. The molecule has 2 aromatic rings. The van der Waals surface area contributed by atoms with Crippen LogP contribution in [0, 0.1) is 0 Å². The Hall–Kier alpha value is -1.57. The van der Waals surface area contributed by atoms with Crippen LogP contribution in [0.4, 0.5) is 0 Å². The van der Waals surface area contributed by atoms with Gasteiger partial charge in [-0.1, -0.05) is 141 Å². The minimum absolute atomic E-state index is 0.172. The molecule has 2 rings (SSSR count). The summed E-state index contributed by atoms with van der Waals surface area (Å²) in [5, 5.41) is 0. The fraction of sp³-hybridized carbons (Fsp3) is 0.667. The van der Waals surface area contributed by atoms with Crippen LogP contribution in [-0.2, 0) is 9.59 Å². The quantitative estimate of drug-likeness (QED) is 0.0422. The number of ether oxygens (including phenoxy) is 2. The van der Waals surface area contributed by atoms with Crippen molar-refractivity contribution in [2.75, 3.05) is 23.0 Å². The molecule has 0 radical (unpaired) electrons. The molecule has 7 heteroatoms. The second kappa shape index (κ2) is 31.2. The van der Waals surface area contributed by atoms with Crippen LogP contribution >= 0.6 is 35.3 Å². The van der Waals surface area contributed by atoms with E-state index in [4.69, 9.17) is 9.47 Å². The number of thioether (sulfide) groups is 2. The second-order valence-corrected chi connectivity index (χ2v) is 16.7. The third kappa shape index (κ3) is 25.1. The van der Waals surface area contributed by atoms with Crippen LogP contribution in [0.15, 0.2) is 58.3 Å². The van der Waals surface area contributed by atoms with Gasteiger partial charge >= 0.3 is 11.9 Å². The summed E-state index contributed by atoms with van der Waals surface area (Å²) < 4.78 is 11.1. The van der Waals surface area contributed by atoms with Crippen molar-refractivity contribution < 1.29 is 19.1 Å². The fourth-order valence-corrected chi connectivity index (χ4v) is 8.21. The van der Waals surface area contributed by atoms with Gasteiger partial charge in [-0.3, -0.25) is 9.59 Å². The maximum atomic E-state index is 12.3. The Morgan fingerprint density at radius 1 is 0.429 bits per heavy atom. The molecule has 0 aliphatic rings.